The van der Waals surface area contributed by atoms with Gasteiger partial charge in [-0.25, -0.2) is 4.98 Å². The molecule has 112 valence electrons. The van der Waals surface area contributed by atoms with E-state index in [-0.39, 0.29) is 11.0 Å². The van der Waals surface area contributed by atoms with Crippen molar-refractivity contribution in [3.05, 3.63) is 59.7 Å². The van der Waals surface area contributed by atoms with Crippen LogP contribution in [0.1, 0.15) is 22.8 Å². The number of hydrogen-bond donors (Lipinski definition) is 0. The normalized spacial score (nSPS) is 12.5. The van der Waals surface area contributed by atoms with Crippen LogP contribution in [0.3, 0.4) is 0 Å². The summed E-state index contributed by atoms with van der Waals surface area (Å²) in [6, 6.07) is 15.7. The first-order valence-corrected chi connectivity index (χ1v) is 8.13. The quantitative estimate of drug-likeness (QED) is 0.534. The van der Waals surface area contributed by atoms with Crippen LogP contribution in [0.5, 0.6) is 0 Å². The molecule has 0 bridgehead atoms. The van der Waals surface area contributed by atoms with E-state index in [4.69, 9.17) is 0 Å². The van der Waals surface area contributed by atoms with Gasteiger partial charge in [-0.1, -0.05) is 53.7 Å². The van der Waals surface area contributed by atoms with E-state index in [1.54, 1.807) is 0 Å². The Morgan fingerprint density at radius 2 is 1.82 bits per heavy atom. The van der Waals surface area contributed by atoms with Gasteiger partial charge < -0.3 is 4.57 Å². The number of imidazole rings is 1. The summed E-state index contributed by atoms with van der Waals surface area (Å²) in [5.74, 6) is 0.136. The van der Waals surface area contributed by atoms with E-state index < -0.39 is 0 Å². The van der Waals surface area contributed by atoms with E-state index >= 15 is 0 Å². The van der Waals surface area contributed by atoms with Gasteiger partial charge in [0.05, 0.1) is 16.3 Å². The molecule has 4 heteroatoms. The molecule has 1 heterocycles. The number of nitrogens with zero attached hydrogens (tertiary/aromatic N) is 2. The molecule has 0 aliphatic rings. The highest BCUT2D eigenvalue weighted by Gasteiger charge is 2.19. The highest BCUT2D eigenvalue weighted by molar-refractivity contribution is 8.00. The van der Waals surface area contributed by atoms with Crippen LogP contribution in [0.25, 0.3) is 11.0 Å². The average Bonchev–Trinajstić information content (AvgIpc) is 2.84. The Bertz CT molecular complexity index is 821. The van der Waals surface area contributed by atoms with Crippen molar-refractivity contribution in [3.8, 4) is 0 Å². The minimum Gasteiger partial charge on any atom is -0.322 e. The first kappa shape index (κ1) is 14.9. The van der Waals surface area contributed by atoms with Crippen LogP contribution in [-0.2, 0) is 7.05 Å². The summed E-state index contributed by atoms with van der Waals surface area (Å²) in [5.41, 5.74) is 3.96. The van der Waals surface area contributed by atoms with Gasteiger partial charge in [0.25, 0.3) is 0 Å². The number of hydrogen-bond acceptors (Lipinski definition) is 3. The summed E-state index contributed by atoms with van der Waals surface area (Å²) >= 11 is 1.51. The fraction of sp³-hybridized carbons (Fsp3) is 0.222. The van der Waals surface area contributed by atoms with Crippen molar-refractivity contribution in [2.45, 2.75) is 24.3 Å². The molecule has 22 heavy (non-hydrogen) atoms. The van der Waals surface area contributed by atoms with Crippen LogP contribution in [0, 0.1) is 6.92 Å². The first-order chi connectivity index (χ1) is 10.6. The standard InChI is InChI=1S/C18H18N2OS/c1-12-8-10-14(11-9-12)17(21)13(2)22-18-19-15-6-4-5-7-16(15)20(18)3/h4-11,13H,1-3H3/t13-/m1/s1. The number of carbonyl (C=O) groups is 1. The predicted octanol–water partition coefficient (Wildman–Crippen LogP) is 4.25. The SMILES string of the molecule is Cc1ccc(C(=O)[C@@H](C)Sc2nc3ccccc3n2C)cc1. The second kappa shape index (κ2) is 5.97. The van der Waals surface area contributed by atoms with E-state index in [2.05, 4.69) is 4.98 Å². The van der Waals surface area contributed by atoms with E-state index in [0.717, 1.165) is 27.3 Å². The van der Waals surface area contributed by atoms with Gasteiger partial charge in [-0.2, -0.15) is 0 Å². The molecule has 1 atom stereocenters. The fourth-order valence-electron chi connectivity index (χ4n) is 2.39. The first-order valence-electron chi connectivity index (χ1n) is 7.25. The summed E-state index contributed by atoms with van der Waals surface area (Å²) in [5, 5.41) is 0.701. The van der Waals surface area contributed by atoms with Crippen LogP contribution in [0.4, 0.5) is 0 Å². The Balaban J connectivity index is 1.83. The zero-order valence-electron chi connectivity index (χ0n) is 12.9. The topological polar surface area (TPSA) is 34.9 Å². The Morgan fingerprint density at radius 3 is 2.50 bits per heavy atom. The van der Waals surface area contributed by atoms with Crippen molar-refractivity contribution in [2.75, 3.05) is 0 Å². The van der Waals surface area contributed by atoms with Crippen LogP contribution in [-0.4, -0.2) is 20.6 Å². The zero-order valence-corrected chi connectivity index (χ0v) is 13.7. The molecule has 0 radical (unpaired) electrons. The van der Waals surface area contributed by atoms with E-state index in [9.17, 15) is 4.79 Å². The highest BCUT2D eigenvalue weighted by Crippen LogP contribution is 2.27. The fourth-order valence-corrected chi connectivity index (χ4v) is 3.36. The van der Waals surface area contributed by atoms with Crippen molar-refractivity contribution in [2.24, 2.45) is 7.05 Å². The number of Topliss-reactive ketones (excluding diaryl/α,β-unsaturated/α-hetero) is 1. The maximum absolute atomic E-state index is 12.5. The molecule has 3 rings (SSSR count). The minimum absolute atomic E-state index is 0.136. The van der Waals surface area contributed by atoms with Gasteiger partial charge in [0.15, 0.2) is 10.9 Å². The highest BCUT2D eigenvalue weighted by atomic mass is 32.2. The van der Waals surface area contributed by atoms with Crippen molar-refractivity contribution in [3.63, 3.8) is 0 Å². The number of fused-ring (bicyclic) bond motifs is 1. The Kier molecular flexibility index (Phi) is 4.03. The van der Waals surface area contributed by atoms with Crippen molar-refractivity contribution in [1.29, 1.82) is 0 Å². The lowest BCUT2D eigenvalue weighted by molar-refractivity contribution is 0.0994. The molecule has 0 unspecified atom stereocenters. The van der Waals surface area contributed by atoms with Crippen LogP contribution in [0.2, 0.25) is 0 Å². The number of thioether (sulfide) groups is 1. The molecule has 0 saturated heterocycles. The second-order valence-electron chi connectivity index (χ2n) is 5.43. The summed E-state index contributed by atoms with van der Waals surface area (Å²) < 4.78 is 2.04. The number of aryl methyl sites for hydroxylation is 2. The van der Waals surface area contributed by atoms with E-state index in [1.165, 1.54) is 11.8 Å². The predicted molar refractivity (Wildman–Crippen MR) is 91.5 cm³/mol. The molecule has 1 aromatic heterocycles. The van der Waals surface area contributed by atoms with Crippen LogP contribution >= 0.6 is 11.8 Å². The van der Waals surface area contributed by atoms with Crippen molar-refractivity contribution in [1.82, 2.24) is 9.55 Å². The van der Waals surface area contributed by atoms with Crippen LogP contribution < -0.4 is 0 Å². The number of aromatic nitrogens is 2. The summed E-state index contributed by atoms with van der Waals surface area (Å²) in [6.07, 6.45) is 0. The number of rotatable bonds is 4. The lowest BCUT2D eigenvalue weighted by atomic mass is 10.1. The molecule has 0 saturated carbocycles. The Labute approximate surface area is 134 Å². The number of ketones is 1. The lowest BCUT2D eigenvalue weighted by Crippen LogP contribution is -2.14. The number of carbonyl (C=O) groups excluding carboxylic acids is 1. The molecule has 0 amide bonds. The van der Waals surface area contributed by atoms with E-state index in [0.29, 0.717) is 0 Å². The molecule has 3 nitrogen and oxygen atoms in total. The monoisotopic (exact) mass is 310 g/mol. The van der Waals surface area contributed by atoms with Crippen molar-refractivity contribution >= 4 is 28.6 Å². The lowest BCUT2D eigenvalue weighted by Gasteiger charge is -2.10. The smallest absolute Gasteiger partial charge is 0.175 e. The minimum atomic E-state index is -0.168. The molecule has 0 aliphatic carbocycles. The van der Waals surface area contributed by atoms with Gasteiger partial charge in [0.1, 0.15) is 0 Å². The molecule has 0 spiro atoms. The molecular formula is C18H18N2OS. The molecule has 0 fully saturated rings. The molecule has 0 aliphatic heterocycles. The molecule has 2 aromatic carbocycles. The van der Waals surface area contributed by atoms with Gasteiger partial charge in [-0.15, -0.1) is 0 Å². The van der Waals surface area contributed by atoms with Gasteiger partial charge in [0.2, 0.25) is 0 Å². The van der Waals surface area contributed by atoms with Gasteiger partial charge in [0, 0.05) is 12.6 Å². The summed E-state index contributed by atoms with van der Waals surface area (Å²) in [6.45, 7) is 3.96. The maximum atomic E-state index is 12.5. The molecular weight excluding hydrogens is 292 g/mol. The van der Waals surface area contributed by atoms with Gasteiger partial charge >= 0.3 is 0 Å². The number of para-hydroxylation sites is 2. The maximum Gasteiger partial charge on any atom is 0.175 e. The average molecular weight is 310 g/mol. The summed E-state index contributed by atoms with van der Waals surface area (Å²) in [4.78, 5) is 17.1. The number of benzene rings is 2. The largest absolute Gasteiger partial charge is 0.322 e. The third kappa shape index (κ3) is 2.79. The van der Waals surface area contributed by atoms with Crippen LogP contribution in [0.15, 0.2) is 53.7 Å². The van der Waals surface area contributed by atoms with Gasteiger partial charge in [-0.05, 0) is 26.0 Å². The summed E-state index contributed by atoms with van der Waals surface area (Å²) in [7, 11) is 1.99. The van der Waals surface area contributed by atoms with E-state index in [1.807, 2.05) is 74.0 Å². The van der Waals surface area contributed by atoms with Crippen molar-refractivity contribution < 1.29 is 4.79 Å². The molecule has 0 N–H and O–H groups in total. The molecule has 3 aromatic rings. The third-order valence-corrected chi connectivity index (χ3v) is 4.88. The Hall–Kier alpha value is -2.07. The zero-order chi connectivity index (χ0) is 15.7. The second-order valence-corrected chi connectivity index (χ2v) is 6.74. The van der Waals surface area contributed by atoms with Gasteiger partial charge in [-0.3, -0.25) is 4.79 Å². The third-order valence-electron chi connectivity index (χ3n) is 3.73. The Morgan fingerprint density at radius 1 is 1.14 bits per heavy atom.